The Morgan fingerprint density at radius 3 is 2.65 bits per heavy atom. The lowest BCUT2D eigenvalue weighted by atomic mass is 10.1. The molecule has 2 aromatic rings. The topological polar surface area (TPSA) is 60.5 Å². The number of hydrogen-bond acceptors (Lipinski definition) is 4. The fourth-order valence-electron chi connectivity index (χ4n) is 2.66. The normalized spacial score (nSPS) is 14.8. The second-order valence-corrected chi connectivity index (χ2v) is 6.92. The van der Waals surface area contributed by atoms with E-state index in [-0.39, 0.29) is 12.0 Å². The number of hydrogen-bond donors (Lipinski definition) is 1. The van der Waals surface area contributed by atoms with E-state index in [0.29, 0.717) is 41.2 Å². The molecule has 2 heterocycles. The molecule has 0 bridgehead atoms. The molecule has 138 valence electrons. The van der Waals surface area contributed by atoms with Crippen molar-refractivity contribution >= 4 is 29.1 Å². The number of carbonyl (C=O) groups excluding carboxylic acids is 1. The van der Waals surface area contributed by atoms with Crippen molar-refractivity contribution < 1.29 is 14.3 Å². The molecule has 1 aliphatic rings. The summed E-state index contributed by atoms with van der Waals surface area (Å²) in [6.45, 7) is 1.87. The van der Waals surface area contributed by atoms with Crippen LogP contribution in [0, 0.1) is 0 Å². The van der Waals surface area contributed by atoms with E-state index >= 15 is 0 Å². The average molecular weight is 395 g/mol. The number of benzene rings is 1. The maximum Gasteiger partial charge on any atom is 0.252 e. The third-order valence-corrected chi connectivity index (χ3v) is 4.65. The molecule has 1 aromatic heterocycles. The third kappa shape index (κ3) is 5.34. The largest absolute Gasteiger partial charge is 0.473 e. The first-order valence-corrected chi connectivity index (χ1v) is 9.30. The van der Waals surface area contributed by atoms with Gasteiger partial charge in [0.25, 0.3) is 5.91 Å². The van der Waals surface area contributed by atoms with Crippen molar-refractivity contribution in [2.45, 2.75) is 25.4 Å². The molecule has 1 aliphatic heterocycles. The summed E-state index contributed by atoms with van der Waals surface area (Å²) in [5.41, 5.74) is 1.51. The van der Waals surface area contributed by atoms with Crippen LogP contribution < -0.4 is 10.1 Å². The SMILES string of the molecule is O=C(NCCc1ccc(Cl)cc1)c1cnc(OC2CCOCC2)c(Cl)c1. The number of rotatable bonds is 6. The predicted molar refractivity (Wildman–Crippen MR) is 101 cm³/mol. The van der Waals surface area contributed by atoms with Crippen molar-refractivity contribution in [1.29, 1.82) is 0 Å². The fourth-order valence-corrected chi connectivity index (χ4v) is 3.00. The molecule has 3 rings (SSSR count). The van der Waals surface area contributed by atoms with Gasteiger partial charge >= 0.3 is 0 Å². The van der Waals surface area contributed by atoms with E-state index in [1.165, 1.54) is 6.20 Å². The maximum atomic E-state index is 12.3. The number of aromatic nitrogens is 1. The number of amides is 1. The smallest absolute Gasteiger partial charge is 0.252 e. The molecule has 0 atom stereocenters. The summed E-state index contributed by atoms with van der Waals surface area (Å²) in [4.78, 5) is 16.5. The van der Waals surface area contributed by atoms with Crippen molar-refractivity contribution in [2.75, 3.05) is 19.8 Å². The van der Waals surface area contributed by atoms with E-state index in [0.717, 1.165) is 24.8 Å². The Bertz CT molecular complexity index is 747. The van der Waals surface area contributed by atoms with Crippen LogP contribution in [0.25, 0.3) is 0 Å². The Morgan fingerprint density at radius 2 is 1.96 bits per heavy atom. The van der Waals surface area contributed by atoms with Gasteiger partial charge in [-0.3, -0.25) is 4.79 Å². The fraction of sp³-hybridized carbons (Fsp3) is 0.368. The van der Waals surface area contributed by atoms with Crippen molar-refractivity contribution in [3.05, 3.63) is 57.7 Å². The first-order valence-electron chi connectivity index (χ1n) is 8.54. The predicted octanol–water partition coefficient (Wildman–Crippen LogP) is 3.92. The molecule has 0 saturated carbocycles. The molecule has 1 fully saturated rings. The molecule has 1 aromatic carbocycles. The van der Waals surface area contributed by atoms with Crippen molar-refractivity contribution in [3.8, 4) is 5.88 Å². The average Bonchev–Trinajstić information content (AvgIpc) is 2.66. The zero-order chi connectivity index (χ0) is 18.4. The van der Waals surface area contributed by atoms with Crippen molar-refractivity contribution in [1.82, 2.24) is 10.3 Å². The Balaban J connectivity index is 1.52. The Kier molecular flexibility index (Phi) is 6.72. The minimum absolute atomic E-state index is 0.0489. The van der Waals surface area contributed by atoms with Gasteiger partial charge in [-0.25, -0.2) is 4.98 Å². The van der Waals surface area contributed by atoms with Gasteiger partial charge in [0, 0.05) is 30.6 Å². The number of carbonyl (C=O) groups is 1. The minimum Gasteiger partial charge on any atom is -0.473 e. The molecule has 0 aliphatic carbocycles. The van der Waals surface area contributed by atoms with Gasteiger partial charge in [0.15, 0.2) is 0 Å². The molecule has 7 heteroatoms. The zero-order valence-corrected chi connectivity index (χ0v) is 15.7. The van der Waals surface area contributed by atoms with Crippen LogP contribution >= 0.6 is 23.2 Å². The number of ether oxygens (including phenoxy) is 2. The zero-order valence-electron chi connectivity index (χ0n) is 14.2. The van der Waals surface area contributed by atoms with Crippen molar-refractivity contribution in [2.24, 2.45) is 0 Å². The van der Waals surface area contributed by atoms with Crippen LogP contribution in [0.2, 0.25) is 10.0 Å². The first-order chi connectivity index (χ1) is 12.6. The molecule has 0 radical (unpaired) electrons. The quantitative estimate of drug-likeness (QED) is 0.806. The summed E-state index contributed by atoms with van der Waals surface area (Å²) >= 11 is 12.1. The standard InChI is InChI=1S/C19H20Cl2N2O3/c20-15-3-1-13(2-4-15)5-8-22-18(24)14-11-17(21)19(23-12-14)26-16-6-9-25-10-7-16/h1-4,11-12,16H,5-10H2,(H,22,24). The van der Waals surface area contributed by atoms with Gasteiger partial charge in [0.2, 0.25) is 5.88 Å². The molecule has 26 heavy (non-hydrogen) atoms. The maximum absolute atomic E-state index is 12.3. The monoisotopic (exact) mass is 394 g/mol. The van der Waals surface area contributed by atoms with Gasteiger partial charge < -0.3 is 14.8 Å². The lowest BCUT2D eigenvalue weighted by molar-refractivity contribution is 0.0238. The number of nitrogens with one attached hydrogen (secondary N) is 1. The van der Waals surface area contributed by atoms with E-state index in [1.807, 2.05) is 24.3 Å². The summed E-state index contributed by atoms with van der Waals surface area (Å²) in [5, 5.41) is 3.89. The van der Waals surface area contributed by atoms with Crippen LogP contribution in [0.3, 0.4) is 0 Å². The molecule has 0 spiro atoms. The van der Waals surface area contributed by atoms with E-state index in [2.05, 4.69) is 10.3 Å². The van der Waals surface area contributed by atoms with Crippen LogP contribution in [0.4, 0.5) is 0 Å². The first kappa shape index (κ1) is 19.0. The van der Waals surface area contributed by atoms with Gasteiger partial charge in [-0.15, -0.1) is 0 Å². The summed E-state index contributed by atoms with van der Waals surface area (Å²) in [6, 6.07) is 9.13. The van der Waals surface area contributed by atoms with Gasteiger partial charge in [0.1, 0.15) is 11.1 Å². The van der Waals surface area contributed by atoms with Crippen LogP contribution in [0.5, 0.6) is 5.88 Å². The highest BCUT2D eigenvalue weighted by Gasteiger charge is 2.18. The highest BCUT2D eigenvalue weighted by molar-refractivity contribution is 6.32. The summed E-state index contributed by atoms with van der Waals surface area (Å²) < 4.78 is 11.1. The van der Waals surface area contributed by atoms with E-state index < -0.39 is 0 Å². The molecular formula is C19H20Cl2N2O3. The number of nitrogens with zero attached hydrogens (tertiary/aromatic N) is 1. The van der Waals surface area contributed by atoms with E-state index in [9.17, 15) is 4.79 Å². The molecule has 5 nitrogen and oxygen atoms in total. The lowest BCUT2D eigenvalue weighted by Crippen LogP contribution is -2.27. The molecule has 1 amide bonds. The van der Waals surface area contributed by atoms with Gasteiger partial charge in [-0.05, 0) is 30.2 Å². The number of pyridine rings is 1. The Labute approximate surface area is 162 Å². The van der Waals surface area contributed by atoms with Gasteiger partial charge in [-0.1, -0.05) is 35.3 Å². The van der Waals surface area contributed by atoms with Gasteiger partial charge in [-0.2, -0.15) is 0 Å². The second-order valence-electron chi connectivity index (χ2n) is 6.07. The van der Waals surface area contributed by atoms with Crippen LogP contribution in [-0.4, -0.2) is 36.8 Å². The Morgan fingerprint density at radius 1 is 1.23 bits per heavy atom. The Hall–Kier alpha value is -1.82. The van der Waals surface area contributed by atoms with E-state index in [1.54, 1.807) is 6.07 Å². The van der Waals surface area contributed by atoms with Gasteiger partial charge in [0.05, 0.1) is 18.8 Å². The van der Waals surface area contributed by atoms with Crippen LogP contribution in [0.15, 0.2) is 36.5 Å². The molecule has 0 unspecified atom stereocenters. The third-order valence-electron chi connectivity index (χ3n) is 4.13. The van der Waals surface area contributed by atoms with Crippen LogP contribution in [0.1, 0.15) is 28.8 Å². The summed E-state index contributed by atoms with van der Waals surface area (Å²) in [5.74, 6) is 0.141. The molecular weight excluding hydrogens is 375 g/mol. The summed E-state index contributed by atoms with van der Waals surface area (Å²) in [6.07, 6.45) is 3.87. The molecule has 1 saturated heterocycles. The van der Waals surface area contributed by atoms with Crippen LogP contribution in [-0.2, 0) is 11.2 Å². The second kappa shape index (κ2) is 9.21. The van der Waals surface area contributed by atoms with Crippen molar-refractivity contribution in [3.63, 3.8) is 0 Å². The van der Waals surface area contributed by atoms with E-state index in [4.69, 9.17) is 32.7 Å². The summed E-state index contributed by atoms with van der Waals surface area (Å²) in [7, 11) is 0. The highest BCUT2D eigenvalue weighted by atomic mass is 35.5. The lowest BCUT2D eigenvalue weighted by Gasteiger charge is -2.23. The molecule has 1 N–H and O–H groups in total. The minimum atomic E-state index is -0.217. The highest BCUT2D eigenvalue weighted by Crippen LogP contribution is 2.25. The number of halogens is 2.